The first-order valence-electron chi connectivity index (χ1n) is 4.88. The molecule has 1 saturated heterocycles. The molecule has 1 aliphatic heterocycles. The zero-order valence-electron chi connectivity index (χ0n) is 8.05. The zero-order valence-corrected chi connectivity index (χ0v) is 8.05. The van der Waals surface area contributed by atoms with E-state index in [1.165, 1.54) is 32.2 Å². The molecule has 0 aromatic heterocycles. The minimum absolute atomic E-state index is 0.618. The summed E-state index contributed by atoms with van der Waals surface area (Å²) in [6.07, 6.45) is 7.20. The summed E-state index contributed by atoms with van der Waals surface area (Å²) >= 11 is 0. The number of likely N-dealkylation sites (N-methyl/N-ethyl adjacent to an activating group) is 1. The smallest absolute Gasteiger partial charge is 0.0382 e. The molecule has 1 N–H and O–H groups in total. The van der Waals surface area contributed by atoms with E-state index in [-0.39, 0.29) is 0 Å². The maximum Gasteiger partial charge on any atom is 0.0382 e. The lowest BCUT2D eigenvalue weighted by molar-refractivity contribution is 0.263. The second-order valence-electron chi connectivity index (χ2n) is 3.68. The molecule has 1 atom stereocenters. The summed E-state index contributed by atoms with van der Waals surface area (Å²) in [5.74, 6) is 0. The van der Waals surface area contributed by atoms with Crippen LogP contribution in [-0.4, -0.2) is 31.1 Å². The molecule has 0 amide bonds. The number of rotatable bonds is 2. The Morgan fingerprint density at radius 1 is 1.42 bits per heavy atom. The lowest BCUT2D eigenvalue weighted by Gasteiger charge is -2.26. The van der Waals surface area contributed by atoms with E-state index in [1.807, 2.05) is 6.20 Å². The van der Waals surface area contributed by atoms with Gasteiger partial charge in [-0.15, -0.1) is 0 Å². The second kappa shape index (κ2) is 5.20. The zero-order chi connectivity index (χ0) is 8.81. The van der Waals surface area contributed by atoms with E-state index in [1.54, 1.807) is 0 Å². The fraction of sp³-hybridized carbons (Fsp3) is 0.800. The van der Waals surface area contributed by atoms with Crippen molar-refractivity contribution >= 4 is 0 Å². The van der Waals surface area contributed by atoms with Crippen molar-refractivity contribution in [3.05, 3.63) is 12.8 Å². The van der Waals surface area contributed by atoms with Gasteiger partial charge in [0, 0.05) is 12.6 Å². The predicted octanol–water partition coefficient (Wildman–Crippen LogP) is 1.59. The molecule has 0 radical (unpaired) electrons. The quantitative estimate of drug-likeness (QED) is 0.673. The molecule has 0 aromatic rings. The first-order chi connectivity index (χ1) is 5.83. The molecular formula is C10H20N2. The summed E-state index contributed by atoms with van der Waals surface area (Å²) in [4.78, 5) is 2.40. The molecule has 1 heterocycles. The molecule has 12 heavy (non-hydrogen) atoms. The van der Waals surface area contributed by atoms with Gasteiger partial charge in [-0.2, -0.15) is 0 Å². The molecule has 70 valence electrons. The highest BCUT2D eigenvalue weighted by Gasteiger charge is 2.11. The van der Waals surface area contributed by atoms with Crippen molar-refractivity contribution in [2.24, 2.45) is 0 Å². The van der Waals surface area contributed by atoms with Gasteiger partial charge in [0.2, 0.25) is 0 Å². The Morgan fingerprint density at radius 3 is 3.00 bits per heavy atom. The van der Waals surface area contributed by atoms with E-state index in [0.29, 0.717) is 6.04 Å². The van der Waals surface area contributed by atoms with Gasteiger partial charge in [-0.05, 0) is 32.6 Å². The summed E-state index contributed by atoms with van der Waals surface area (Å²) in [5.41, 5.74) is 0. The molecular weight excluding hydrogens is 148 g/mol. The molecule has 2 heteroatoms. The Balaban J connectivity index is 2.32. The Morgan fingerprint density at radius 2 is 2.25 bits per heavy atom. The maximum absolute atomic E-state index is 3.70. The van der Waals surface area contributed by atoms with Crippen LogP contribution in [0.25, 0.3) is 0 Å². The van der Waals surface area contributed by atoms with E-state index in [0.717, 1.165) is 6.54 Å². The summed E-state index contributed by atoms with van der Waals surface area (Å²) in [7, 11) is 2.20. The fourth-order valence-corrected chi connectivity index (χ4v) is 1.81. The highest BCUT2D eigenvalue weighted by Crippen LogP contribution is 2.09. The van der Waals surface area contributed by atoms with Crippen molar-refractivity contribution < 1.29 is 0 Å². The van der Waals surface area contributed by atoms with Crippen LogP contribution in [0.1, 0.15) is 25.7 Å². The van der Waals surface area contributed by atoms with Crippen LogP contribution in [0.5, 0.6) is 0 Å². The van der Waals surface area contributed by atoms with Crippen LogP contribution in [0.2, 0.25) is 0 Å². The third-order valence-electron chi connectivity index (χ3n) is 2.48. The monoisotopic (exact) mass is 168 g/mol. The van der Waals surface area contributed by atoms with Crippen molar-refractivity contribution in [1.29, 1.82) is 0 Å². The van der Waals surface area contributed by atoms with Gasteiger partial charge in [-0.1, -0.05) is 19.4 Å². The van der Waals surface area contributed by atoms with E-state index in [2.05, 4.69) is 23.8 Å². The maximum atomic E-state index is 3.70. The minimum atomic E-state index is 0.618. The van der Waals surface area contributed by atoms with E-state index in [4.69, 9.17) is 0 Å². The number of nitrogens with zero attached hydrogens (tertiary/aromatic N) is 1. The molecule has 1 aliphatic rings. The van der Waals surface area contributed by atoms with Gasteiger partial charge >= 0.3 is 0 Å². The van der Waals surface area contributed by atoms with Gasteiger partial charge in [0.1, 0.15) is 0 Å². The summed E-state index contributed by atoms with van der Waals surface area (Å²) in [6, 6.07) is 0.618. The summed E-state index contributed by atoms with van der Waals surface area (Å²) in [6.45, 7) is 6.11. The average Bonchev–Trinajstić information content (AvgIpc) is 2.00. The van der Waals surface area contributed by atoms with Crippen LogP contribution in [-0.2, 0) is 0 Å². The van der Waals surface area contributed by atoms with Crippen molar-refractivity contribution in [3.8, 4) is 0 Å². The van der Waals surface area contributed by atoms with Gasteiger partial charge < -0.3 is 10.2 Å². The molecule has 0 saturated carbocycles. The summed E-state index contributed by atoms with van der Waals surface area (Å²) < 4.78 is 0. The van der Waals surface area contributed by atoms with Crippen LogP contribution < -0.4 is 5.32 Å². The molecule has 0 aromatic carbocycles. The van der Waals surface area contributed by atoms with Gasteiger partial charge in [0.05, 0.1) is 0 Å². The third kappa shape index (κ3) is 3.26. The van der Waals surface area contributed by atoms with E-state index < -0.39 is 0 Å². The first-order valence-corrected chi connectivity index (χ1v) is 4.88. The topological polar surface area (TPSA) is 15.3 Å². The van der Waals surface area contributed by atoms with Crippen molar-refractivity contribution in [3.63, 3.8) is 0 Å². The average molecular weight is 168 g/mol. The van der Waals surface area contributed by atoms with Crippen LogP contribution in [0, 0.1) is 0 Å². The van der Waals surface area contributed by atoms with Crippen molar-refractivity contribution in [1.82, 2.24) is 10.2 Å². The molecule has 0 bridgehead atoms. The third-order valence-corrected chi connectivity index (χ3v) is 2.48. The van der Waals surface area contributed by atoms with E-state index in [9.17, 15) is 0 Å². The predicted molar refractivity (Wildman–Crippen MR) is 53.1 cm³/mol. The standard InChI is InChI=1S/C10H20N2/c1-3-11-10-7-5-4-6-8-12(2)9-10/h3,10-11H,1,4-9H2,2H3. The molecule has 1 fully saturated rings. The van der Waals surface area contributed by atoms with Crippen molar-refractivity contribution in [2.45, 2.75) is 31.7 Å². The molecule has 0 spiro atoms. The van der Waals surface area contributed by atoms with Crippen LogP contribution in [0.3, 0.4) is 0 Å². The minimum Gasteiger partial charge on any atom is -0.387 e. The second-order valence-corrected chi connectivity index (χ2v) is 3.68. The molecule has 2 nitrogen and oxygen atoms in total. The molecule has 1 unspecified atom stereocenters. The first kappa shape index (κ1) is 9.59. The Labute approximate surface area is 75.6 Å². The lowest BCUT2D eigenvalue weighted by atomic mass is 10.1. The Bertz CT molecular complexity index is 134. The number of hydrogen-bond donors (Lipinski definition) is 1. The summed E-state index contributed by atoms with van der Waals surface area (Å²) in [5, 5.41) is 3.30. The Hall–Kier alpha value is -0.500. The number of likely N-dealkylation sites (tertiary alicyclic amines) is 1. The fourth-order valence-electron chi connectivity index (χ4n) is 1.81. The number of nitrogens with one attached hydrogen (secondary N) is 1. The molecule has 1 rings (SSSR count). The van der Waals surface area contributed by atoms with Crippen LogP contribution in [0.15, 0.2) is 12.8 Å². The van der Waals surface area contributed by atoms with Gasteiger partial charge in [-0.25, -0.2) is 0 Å². The Kier molecular flexibility index (Phi) is 4.15. The van der Waals surface area contributed by atoms with E-state index >= 15 is 0 Å². The normalized spacial score (nSPS) is 27.2. The largest absolute Gasteiger partial charge is 0.387 e. The van der Waals surface area contributed by atoms with Crippen molar-refractivity contribution in [2.75, 3.05) is 20.1 Å². The van der Waals surface area contributed by atoms with Gasteiger partial charge in [0.15, 0.2) is 0 Å². The highest BCUT2D eigenvalue weighted by atomic mass is 15.1. The van der Waals surface area contributed by atoms with Gasteiger partial charge in [-0.3, -0.25) is 0 Å². The highest BCUT2D eigenvalue weighted by molar-refractivity contribution is 4.78. The SMILES string of the molecule is C=CNC1CCCCCN(C)C1. The van der Waals surface area contributed by atoms with Gasteiger partial charge in [0.25, 0.3) is 0 Å². The molecule has 0 aliphatic carbocycles. The van der Waals surface area contributed by atoms with Crippen LogP contribution >= 0.6 is 0 Å². The lowest BCUT2D eigenvalue weighted by Crippen LogP contribution is -2.38. The van der Waals surface area contributed by atoms with Crippen LogP contribution in [0.4, 0.5) is 0 Å². The number of hydrogen-bond acceptors (Lipinski definition) is 2.